The van der Waals surface area contributed by atoms with Gasteiger partial charge in [0.15, 0.2) is 0 Å². The number of benzene rings is 1. The molecule has 0 N–H and O–H groups in total. The normalized spacial score (nSPS) is 11.0. The van der Waals surface area contributed by atoms with Gasteiger partial charge in [-0.05, 0) is 32.9 Å². The first-order chi connectivity index (χ1) is 11.6. The van der Waals surface area contributed by atoms with Gasteiger partial charge in [0.2, 0.25) is 0 Å². The molecule has 0 spiro atoms. The van der Waals surface area contributed by atoms with E-state index in [0.717, 1.165) is 4.57 Å². The van der Waals surface area contributed by atoms with Crippen molar-refractivity contribution in [1.29, 1.82) is 0 Å². The molecule has 0 fully saturated rings. The first-order valence-electron chi connectivity index (χ1n) is 7.42. The summed E-state index contributed by atoms with van der Waals surface area (Å²) < 4.78 is 11.1. The molecule has 0 aliphatic carbocycles. The van der Waals surface area contributed by atoms with Crippen molar-refractivity contribution in [3.63, 3.8) is 0 Å². The zero-order valence-corrected chi connectivity index (χ0v) is 14.3. The highest BCUT2D eigenvalue weighted by Gasteiger charge is 2.26. The molecule has 0 bridgehead atoms. The van der Waals surface area contributed by atoms with Crippen molar-refractivity contribution in [2.75, 3.05) is 7.11 Å². The number of carbonyl (C=O) groups excluding carboxylic acids is 2. The Morgan fingerprint density at radius 3 is 2.40 bits per heavy atom. The SMILES string of the molecule is COC(=O)c1ccc(-c2cccc([N+](=O)[O-])c2)n1C(=O)OC(C)(C)C. The molecule has 8 nitrogen and oxygen atoms in total. The van der Waals surface area contributed by atoms with E-state index in [0.29, 0.717) is 11.3 Å². The second kappa shape index (κ2) is 6.76. The maximum atomic E-state index is 12.6. The first-order valence-corrected chi connectivity index (χ1v) is 7.42. The van der Waals surface area contributed by atoms with Crippen LogP contribution in [-0.4, -0.2) is 34.3 Å². The van der Waals surface area contributed by atoms with Crippen LogP contribution in [0.5, 0.6) is 0 Å². The Labute approximate surface area is 144 Å². The number of nitrogens with zero attached hydrogens (tertiary/aromatic N) is 2. The minimum Gasteiger partial charge on any atom is -0.464 e. The molecule has 1 aromatic heterocycles. The fourth-order valence-electron chi connectivity index (χ4n) is 2.21. The maximum Gasteiger partial charge on any atom is 0.419 e. The zero-order valence-electron chi connectivity index (χ0n) is 14.3. The monoisotopic (exact) mass is 346 g/mol. The molecule has 0 radical (unpaired) electrons. The lowest BCUT2D eigenvalue weighted by atomic mass is 10.1. The van der Waals surface area contributed by atoms with E-state index < -0.39 is 22.6 Å². The molecule has 0 saturated carbocycles. The molecular weight excluding hydrogens is 328 g/mol. The summed E-state index contributed by atoms with van der Waals surface area (Å²) in [4.78, 5) is 35.0. The van der Waals surface area contributed by atoms with Crippen LogP contribution in [0, 0.1) is 10.1 Å². The van der Waals surface area contributed by atoms with Crippen LogP contribution in [0.3, 0.4) is 0 Å². The van der Waals surface area contributed by atoms with Gasteiger partial charge >= 0.3 is 12.1 Å². The van der Waals surface area contributed by atoms with Gasteiger partial charge in [-0.2, -0.15) is 0 Å². The summed E-state index contributed by atoms with van der Waals surface area (Å²) in [7, 11) is 1.20. The van der Waals surface area contributed by atoms with Crippen molar-refractivity contribution in [3.05, 3.63) is 52.2 Å². The summed E-state index contributed by atoms with van der Waals surface area (Å²) >= 11 is 0. The molecule has 132 valence electrons. The van der Waals surface area contributed by atoms with Crippen LogP contribution in [0.15, 0.2) is 36.4 Å². The van der Waals surface area contributed by atoms with Gasteiger partial charge in [0.25, 0.3) is 5.69 Å². The van der Waals surface area contributed by atoms with Crippen molar-refractivity contribution < 1.29 is 24.0 Å². The van der Waals surface area contributed by atoms with E-state index in [1.807, 2.05) is 0 Å². The molecule has 1 heterocycles. The van der Waals surface area contributed by atoms with Crippen LogP contribution in [-0.2, 0) is 9.47 Å². The molecule has 2 rings (SSSR count). The lowest BCUT2D eigenvalue weighted by Crippen LogP contribution is -2.29. The van der Waals surface area contributed by atoms with Gasteiger partial charge < -0.3 is 9.47 Å². The van der Waals surface area contributed by atoms with Gasteiger partial charge in [0, 0.05) is 17.7 Å². The van der Waals surface area contributed by atoms with Crippen LogP contribution >= 0.6 is 0 Å². The Hall–Kier alpha value is -3.16. The fraction of sp³-hybridized carbons (Fsp3) is 0.294. The number of esters is 1. The number of nitro groups is 1. The average molecular weight is 346 g/mol. The molecule has 25 heavy (non-hydrogen) atoms. The van der Waals surface area contributed by atoms with Crippen molar-refractivity contribution >= 4 is 17.7 Å². The number of hydrogen-bond acceptors (Lipinski definition) is 6. The van der Waals surface area contributed by atoms with Gasteiger partial charge in [-0.1, -0.05) is 12.1 Å². The topological polar surface area (TPSA) is 101 Å². The second-order valence-electron chi connectivity index (χ2n) is 6.22. The number of aromatic nitrogens is 1. The van der Waals surface area contributed by atoms with Crippen LogP contribution < -0.4 is 0 Å². The summed E-state index contributed by atoms with van der Waals surface area (Å²) in [5.74, 6) is -0.720. The zero-order chi connectivity index (χ0) is 18.8. The molecule has 8 heteroatoms. The number of nitro benzene ring substituents is 1. The third-order valence-electron chi connectivity index (χ3n) is 3.20. The van der Waals surface area contributed by atoms with Gasteiger partial charge in [-0.25, -0.2) is 14.2 Å². The largest absolute Gasteiger partial charge is 0.464 e. The Morgan fingerprint density at radius 1 is 1.16 bits per heavy atom. The van der Waals surface area contributed by atoms with E-state index >= 15 is 0 Å². The van der Waals surface area contributed by atoms with Gasteiger partial charge in [0.05, 0.1) is 17.7 Å². The number of ether oxygens (including phenoxy) is 2. The highest BCUT2D eigenvalue weighted by atomic mass is 16.6. The summed E-state index contributed by atoms with van der Waals surface area (Å²) in [6.45, 7) is 5.08. The number of rotatable bonds is 3. The fourth-order valence-corrected chi connectivity index (χ4v) is 2.21. The predicted molar refractivity (Wildman–Crippen MR) is 89.5 cm³/mol. The van der Waals surface area contributed by atoms with Gasteiger partial charge in [0.1, 0.15) is 11.3 Å². The summed E-state index contributed by atoms with van der Waals surface area (Å²) in [6.07, 6.45) is -0.778. The molecule has 0 unspecified atom stereocenters. The Morgan fingerprint density at radius 2 is 1.84 bits per heavy atom. The molecule has 0 atom stereocenters. The van der Waals surface area contributed by atoms with E-state index in [9.17, 15) is 19.7 Å². The summed E-state index contributed by atoms with van der Waals surface area (Å²) in [5, 5.41) is 11.0. The Bertz CT molecular complexity index is 832. The van der Waals surface area contributed by atoms with Crippen molar-refractivity contribution in [2.24, 2.45) is 0 Å². The molecule has 0 aliphatic heterocycles. The minimum atomic E-state index is -0.783. The van der Waals surface area contributed by atoms with Gasteiger partial charge in [-0.3, -0.25) is 10.1 Å². The third-order valence-corrected chi connectivity index (χ3v) is 3.20. The summed E-state index contributed by atoms with van der Waals surface area (Å²) in [5.41, 5.74) is -0.254. The number of carbonyl (C=O) groups is 2. The highest BCUT2D eigenvalue weighted by molar-refractivity contribution is 5.95. The molecule has 2 aromatic rings. The third kappa shape index (κ3) is 4.03. The summed E-state index contributed by atoms with van der Waals surface area (Å²) in [6, 6.07) is 8.67. The van der Waals surface area contributed by atoms with E-state index in [4.69, 9.17) is 9.47 Å². The molecule has 0 saturated heterocycles. The Kier molecular flexibility index (Phi) is 4.92. The standard InChI is InChI=1S/C17H18N2O6/c1-17(2,3)25-16(21)18-13(8-9-14(18)15(20)24-4)11-6-5-7-12(10-11)19(22)23/h5-10H,1-4H3. The van der Waals surface area contributed by atoms with E-state index in [1.54, 1.807) is 26.8 Å². The average Bonchev–Trinajstić information content (AvgIpc) is 2.97. The van der Waals surface area contributed by atoms with E-state index in [-0.39, 0.29) is 11.4 Å². The number of methoxy groups -OCH3 is 1. The van der Waals surface area contributed by atoms with Gasteiger partial charge in [-0.15, -0.1) is 0 Å². The minimum absolute atomic E-state index is 0.0294. The Balaban J connectivity index is 2.61. The molecule has 0 aliphatic rings. The van der Waals surface area contributed by atoms with Crippen LogP contribution in [0.2, 0.25) is 0 Å². The molecule has 0 amide bonds. The predicted octanol–water partition coefficient (Wildman–Crippen LogP) is 3.63. The smallest absolute Gasteiger partial charge is 0.419 e. The first kappa shape index (κ1) is 18.2. The van der Waals surface area contributed by atoms with Crippen molar-refractivity contribution in [3.8, 4) is 11.3 Å². The quantitative estimate of drug-likeness (QED) is 0.478. The highest BCUT2D eigenvalue weighted by Crippen LogP contribution is 2.27. The van der Waals surface area contributed by atoms with E-state index in [2.05, 4.69) is 0 Å². The van der Waals surface area contributed by atoms with Crippen LogP contribution in [0.1, 0.15) is 31.3 Å². The lowest BCUT2D eigenvalue weighted by Gasteiger charge is -2.21. The van der Waals surface area contributed by atoms with E-state index in [1.165, 1.54) is 37.4 Å². The van der Waals surface area contributed by atoms with Crippen LogP contribution in [0.4, 0.5) is 10.5 Å². The maximum absolute atomic E-state index is 12.6. The van der Waals surface area contributed by atoms with Crippen molar-refractivity contribution in [2.45, 2.75) is 26.4 Å². The lowest BCUT2D eigenvalue weighted by molar-refractivity contribution is -0.384. The molecule has 1 aromatic carbocycles. The van der Waals surface area contributed by atoms with Crippen LogP contribution in [0.25, 0.3) is 11.3 Å². The number of non-ortho nitro benzene ring substituents is 1. The van der Waals surface area contributed by atoms with Crippen molar-refractivity contribution in [1.82, 2.24) is 4.57 Å². The second-order valence-corrected chi connectivity index (χ2v) is 6.22. The molecular formula is C17H18N2O6. The number of hydrogen-bond donors (Lipinski definition) is 0.